The summed E-state index contributed by atoms with van der Waals surface area (Å²) >= 11 is 0. The van der Waals surface area contributed by atoms with Gasteiger partial charge in [-0.15, -0.1) is 0 Å². The van der Waals surface area contributed by atoms with E-state index in [2.05, 4.69) is 0 Å². The van der Waals surface area contributed by atoms with Gasteiger partial charge in [0.1, 0.15) is 22.1 Å². The summed E-state index contributed by atoms with van der Waals surface area (Å²) in [5, 5.41) is 0. The molecule has 26 heavy (non-hydrogen) atoms. The summed E-state index contributed by atoms with van der Waals surface area (Å²) in [6.45, 7) is 0.472. The van der Waals surface area contributed by atoms with Crippen LogP contribution in [0.5, 0.6) is 17.2 Å². The highest BCUT2D eigenvalue weighted by Gasteiger charge is 2.37. The van der Waals surface area contributed by atoms with Crippen LogP contribution in [0.2, 0.25) is 0 Å². The third kappa shape index (κ3) is 3.37. The number of benzene rings is 2. The lowest BCUT2D eigenvalue weighted by atomic mass is 10.1. The number of methoxy groups -OCH3 is 3. The van der Waals surface area contributed by atoms with Crippen molar-refractivity contribution in [2.24, 2.45) is 0 Å². The molecule has 1 saturated heterocycles. The molecular weight excluding hydrogens is 354 g/mol. The summed E-state index contributed by atoms with van der Waals surface area (Å²) in [5.41, 5.74) is 0.953. The molecule has 7 heteroatoms. The van der Waals surface area contributed by atoms with E-state index in [9.17, 15) is 8.42 Å². The lowest BCUT2D eigenvalue weighted by Gasteiger charge is -2.25. The SMILES string of the molecule is COc1ccc([C@@H]2CCCN2S(=O)(=O)c2cc(OC)ccc2OC)cc1. The fourth-order valence-corrected chi connectivity index (χ4v) is 5.15. The third-order valence-corrected chi connectivity index (χ3v) is 6.59. The van der Waals surface area contributed by atoms with E-state index in [1.54, 1.807) is 23.5 Å². The van der Waals surface area contributed by atoms with Crippen LogP contribution in [-0.2, 0) is 10.0 Å². The minimum Gasteiger partial charge on any atom is -0.497 e. The Kier molecular flexibility index (Phi) is 5.38. The smallest absolute Gasteiger partial charge is 0.247 e. The molecule has 0 aromatic heterocycles. The van der Waals surface area contributed by atoms with Gasteiger partial charge < -0.3 is 14.2 Å². The second kappa shape index (κ2) is 7.55. The van der Waals surface area contributed by atoms with E-state index in [0.717, 1.165) is 24.2 Å². The Labute approximate surface area is 154 Å². The largest absolute Gasteiger partial charge is 0.497 e. The van der Waals surface area contributed by atoms with Crippen molar-refractivity contribution in [1.29, 1.82) is 0 Å². The molecule has 0 unspecified atom stereocenters. The predicted molar refractivity (Wildman–Crippen MR) is 98.4 cm³/mol. The summed E-state index contributed by atoms with van der Waals surface area (Å²) in [6.07, 6.45) is 1.58. The Morgan fingerprint density at radius 1 is 0.923 bits per heavy atom. The highest BCUT2D eigenvalue weighted by atomic mass is 32.2. The lowest BCUT2D eigenvalue weighted by Crippen LogP contribution is -2.31. The normalized spacial score (nSPS) is 17.9. The molecule has 1 heterocycles. The van der Waals surface area contributed by atoms with E-state index in [0.29, 0.717) is 18.0 Å². The molecule has 0 aliphatic carbocycles. The Hall–Kier alpha value is -2.25. The van der Waals surface area contributed by atoms with Crippen LogP contribution in [0.3, 0.4) is 0 Å². The Morgan fingerprint density at radius 2 is 1.58 bits per heavy atom. The fraction of sp³-hybridized carbons (Fsp3) is 0.368. The second-order valence-corrected chi connectivity index (χ2v) is 7.92. The van der Waals surface area contributed by atoms with Crippen LogP contribution in [0.4, 0.5) is 0 Å². The topological polar surface area (TPSA) is 65.1 Å². The Morgan fingerprint density at radius 3 is 2.19 bits per heavy atom. The molecule has 6 nitrogen and oxygen atoms in total. The van der Waals surface area contributed by atoms with Crippen LogP contribution < -0.4 is 14.2 Å². The molecule has 2 aromatic carbocycles. The summed E-state index contributed by atoms with van der Waals surface area (Å²) in [4.78, 5) is 0.125. The molecule has 0 amide bonds. The van der Waals surface area contributed by atoms with E-state index in [4.69, 9.17) is 14.2 Å². The van der Waals surface area contributed by atoms with E-state index < -0.39 is 10.0 Å². The number of hydrogen-bond acceptors (Lipinski definition) is 5. The first-order chi connectivity index (χ1) is 12.5. The van der Waals surface area contributed by atoms with Crippen molar-refractivity contribution in [3.05, 3.63) is 48.0 Å². The van der Waals surface area contributed by atoms with Crippen molar-refractivity contribution < 1.29 is 22.6 Å². The molecule has 0 N–H and O–H groups in total. The third-order valence-electron chi connectivity index (χ3n) is 4.66. The first-order valence-electron chi connectivity index (χ1n) is 8.39. The van der Waals surface area contributed by atoms with Gasteiger partial charge in [0.05, 0.1) is 27.4 Å². The summed E-state index contributed by atoms with van der Waals surface area (Å²) in [6, 6.07) is 12.1. The minimum absolute atomic E-state index is 0.125. The van der Waals surface area contributed by atoms with Crippen molar-refractivity contribution in [3.8, 4) is 17.2 Å². The Bertz CT molecular complexity index is 864. The molecule has 0 saturated carbocycles. The predicted octanol–water partition coefficient (Wildman–Crippen LogP) is 3.24. The summed E-state index contributed by atoms with van der Waals surface area (Å²) in [7, 11) is 0.850. The molecule has 1 fully saturated rings. The summed E-state index contributed by atoms with van der Waals surface area (Å²) < 4.78 is 43.9. The minimum atomic E-state index is -3.73. The van der Waals surface area contributed by atoms with Crippen LogP contribution in [0.25, 0.3) is 0 Å². The average molecular weight is 377 g/mol. The lowest BCUT2D eigenvalue weighted by molar-refractivity contribution is 0.375. The molecule has 140 valence electrons. The van der Waals surface area contributed by atoms with Crippen LogP contribution in [0.1, 0.15) is 24.4 Å². The number of sulfonamides is 1. The van der Waals surface area contributed by atoms with Crippen molar-refractivity contribution in [2.75, 3.05) is 27.9 Å². The number of rotatable bonds is 6. The molecule has 0 bridgehead atoms. The first-order valence-corrected chi connectivity index (χ1v) is 9.83. The molecule has 1 aliphatic heterocycles. The van der Waals surface area contributed by atoms with E-state index >= 15 is 0 Å². The van der Waals surface area contributed by atoms with Crippen LogP contribution >= 0.6 is 0 Å². The van der Waals surface area contributed by atoms with E-state index in [1.807, 2.05) is 24.3 Å². The monoisotopic (exact) mass is 377 g/mol. The maximum atomic E-state index is 13.4. The van der Waals surface area contributed by atoms with Crippen molar-refractivity contribution >= 4 is 10.0 Å². The van der Waals surface area contributed by atoms with Gasteiger partial charge in [0.15, 0.2) is 0 Å². The van der Waals surface area contributed by atoms with Crippen molar-refractivity contribution in [2.45, 2.75) is 23.8 Å². The van der Waals surface area contributed by atoms with Crippen LogP contribution in [0.15, 0.2) is 47.4 Å². The van der Waals surface area contributed by atoms with Gasteiger partial charge in [-0.2, -0.15) is 4.31 Å². The second-order valence-electron chi connectivity index (χ2n) is 6.06. The zero-order valence-electron chi connectivity index (χ0n) is 15.1. The highest BCUT2D eigenvalue weighted by molar-refractivity contribution is 7.89. The molecule has 1 aliphatic rings. The molecule has 0 spiro atoms. The van der Waals surface area contributed by atoms with Gasteiger partial charge in [-0.1, -0.05) is 12.1 Å². The number of hydrogen-bond donors (Lipinski definition) is 0. The zero-order chi connectivity index (χ0) is 18.7. The Balaban J connectivity index is 2.00. The molecule has 3 rings (SSSR count). The standard InChI is InChI=1S/C19H23NO5S/c1-23-15-8-6-14(7-9-15)17-5-4-12-20(17)26(21,22)19-13-16(24-2)10-11-18(19)25-3/h6-11,13,17H,4-5,12H2,1-3H3/t17-/m0/s1. The highest BCUT2D eigenvalue weighted by Crippen LogP contribution is 2.40. The average Bonchev–Trinajstić information content (AvgIpc) is 3.18. The van der Waals surface area contributed by atoms with Gasteiger partial charge >= 0.3 is 0 Å². The van der Waals surface area contributed by atoms with Crippen molar-refractivity contribution in [3.63, 3.8) is 0 Å². The van der Waals surface area contributed by atoms with Gasteiger partial charge in [-0.25, -0.2) is 8.42 Å². The van der Waals surface area contributed by atoms with Crippen molar-refractivity contribution in [1.82, 2.24) is 4.31 Å². The van der Waals surface area contributed by atoms with Gasteiger partial charge in [0.25, 0.3) is 0 Å². The number of ether oxygens (including phenoxy) is 3. The quantitative estimate of drug-likeness (QED) is 0.773. The summed E-state index contributed by atoms with van der Waals surface area (Å²) in [5.74, 6) is 1.53. The maximum absolute atomic E-state index is 13.4. The molecule has 2 aromatic rings. The number of nitrogens with zero attached hydrogens (tertiary/aromatic N) is 1. The van der Waals surface area contributed by atoms with Gasteiger partial charge in [0.2, 0.25) is 10.0 Å². The van der Waals surface area contributed by atoms with Gasteiger partial charge in [0, 0.05) is 12.6 Å². The van der Waals surface area contributed by atoms with E-state index in [1.165, 1.54) is 20.3 Å². The fourth-order valence-electron chi connectivity index (χ4n) is 3.30. The molecular formula is C19H23NO5S. The first kappa shape index (κ1) is 18.5. The van der Waals surface area contributed by atoms with Crippen LogP contribution in [-0.4, -0.2) is 40.6 Å². The van der Waals surface area contributed by atoms with Gasteiger partial charge in [-0.05, 0) is 42.7 Å². The van der Waals surface area contributed by atoms with E-state index in [-0.39, 0.29) is 10.9 Å². The van der Waals surface area contributed by atoms with Crippen LogP contribution in [0, 0.1) is 0 Å². The van der Waals surface area contributed by atoms with Gasteiger partial charge in [-0.3, -0.25) is 0 Å². The zero-order valence-corrected chi connectivity index (χ0v) is 16.0. The molecule has 1 atom stereocenters. The molecule has 0 radical (unpaired) electrons. The maximum Gasteiger partial charge on any atom is 0.247 e.